The van der Waals surface area contributed by atoms with Gasteiger partial charge in [-0.05, 0) is 44.0 Å². The molecule has 24 heavy (non-hydrogen) atoms. The first kappa shape index (κ1) is 16.3. The third-order valence-corrected chi connectivity index (χ3v) is 4.01. The number of rotatable bonds is 3. The van der Waals surface area contributed by atoms with Crippen LogP contribution < -0.4 is 10.9 Å². The van der Waals surface area contributed by atoms with Gasteiger partial charge >= 0.3 is 0 Å². The lowest BCUT2D eigenvalue weighted by atomic mass is 10.1. The SMILES string of the molecule is Cc1cc(C)c(Nc2nc(Cl)cn(-c3ccccc3)c2=O)c(C)c1. The second-order valence-corrected chi connectivity index (χ2v) is 6.21. The van der Waals surface area contributed by atoms with E-state index in [0.29, 0.717) is 0 Å². The number of nitrogens with zero attached hydrogens (tertiary/aromatic N) is 2. The number of anilines is 2. The van der Waals surface area contributed by atoms with Gasteiger partial charge in [-0.1, -0.05) is 47.5 Å². The number of aryl methyl sites for hydroxylation is 3. The molecule has 2 aromatic carbocycles. The van der Waals surface area contributed by atoms with Crippen molar-refractivity contribution in [3.05, 3.63) is 80.9 Å². The van der Waals surface area contributed by atoms with E-state index in [0.717, 1.165) is 22.5 Å². The second-order valence-electron chi connectivity index (χ2n) is 5.82. The highest BCUT2D eigenvalue weighted by atomic mass is 35.5. The molecule has 4 nitrogen and oxygen atoms in total. The Balaban J connectivity index is 2.11. The molecular weight excluding hydrogens is 322 g/mol. The number of hydrogen-bond acceptors (Lipinski definition) is 3. The Hall–Kier alpha value is -2.59. The van der Waals surface area contributed by atoms with Gasteiger partial charge in [0.05, 0.1) is 6.20 Å². The molecule has 5 heteroatoms. The molecule has 0 spiro atoms. The molecule has 0 bridgehead atoms. The Morgan fingerprint density at radius 1 is 1.04 bits per heavy atom. The number of aromatic nitrogens is 2. The molecule has 0 saturated heterocycles. The number of halogens is 1. The van der Waals surface area contributed by atoms with Gasteiger partial charge in [-0.3, -0.25) is 9.36 Å². The highest BCUT2D eigenvalue weighted by molar-refractivity contribution is 6.29. The second kappa shape index (κ2) is 6.49. The first-order valence-corrected chi connectivity index (χ1v) is 8.03. The highest BCUT2D eigenvalue weighted by Crippen LogP contribution is 2.24. The van der Waals surface area contributed by atoms with Crippen LogP contribution in [0.3, 0.4) is 0 Å². The molecule has 0 amide bonds. The van der Waals surface area contributed by atoms with Crippen molar-refractivity contribution < 1.29 is 0 Å². The van der Waals surface area contributed by atoms with E-state index in [1.165, 1.54) is 16.3 Å². The van der Waals surface area contributed by atoms with Gasteiger partial charge in [-0.25, -0.2) is 4.98 Å². The average Bonchev–Trinajstić information content (AvgIpc) is 2.54. The number of hydrogen-bond donors (Lipinski definition) is 1. The lowest BCUT2D eigenvalue weighted by molar-refractivity contribution is 0.961. The Morgan fingerprint density at radius 2 is 1.67 bits per heavy atom. The molecule has 0 atom stereocenters. The zero-order valence-corrected chi connectivity index (χ0v) is 14.6. The molecule has 1 aromatic heterocycles. The molecule has 0 radical (unpaired) electrons. The molecule has 0 fully saturated rings. The third-order valence-electron chi connectivity index (χ3n) is 3.83. The van der Waals surface area contributed by atoms with Crippen LogP contribution in [0.2, 0.25) is 5.15 Å². The zero-order valence-electron chi connectivity index (χ0n) is 13.8. The van der Waals surface area contributed by atoms with Crippen LogP contribution in [0.5, 0.6) is 0 Å². The predicted octanol–water partition coefficient (Wildman–Crippen LogP) is 4.55. The summed E-state index contributed by atoms with van der Waals surface area (Å²) < 4.78 is 1.50. The van der Waals surface area contributed by atoms with E-state index in [-0.39, 0.29) is 16.5 Å². The maximum atomic E-state index is 12.8. The van der Waals surface area contributed by atoms with Crippen molar-refractivity contribution in [3.63, 3.8) is 0 Å². The quantitative estimate of drug-likeness (QED) is 0.761. The molecule has 0 saturated carbocycles. The molecule has 0 aliphatic rings. The molecule has 3 rings (SSSR count). The van der Waals surface area contributed by atoms with Crippen LogP contribution in [-0.2, 0) is 0 Å². The van der Waals surface area contributed by atoms with Crippen molar-refractivity contribution in [1.29, 1.82) is 0 Å². The van der Waals surface area contributed by atoms with Crippen molar-refractivity contribution in [3.8, 4) is 5.69 Å². The van der Waals surface area contributed by atoms with E-state index in [1.807, 2.05) is 51.1 Å². The molecule has 3 aromatic rings. The van der Waals surface area contributed by atoms with E-state index in [9.17, 15) is 4.79 Å². The van der Waals surface area contributed by atoms with Gasteiger partial charge in [-0.15, -0.1) is 0 Å². The fraction of sp³-hybridized carbons (Fsp3) is 0.158. The van der Waals surface area contributed by atoms with Crippen LogP contribution >= 0.6 is 11.6 Å². The molecule has 0 aliphatic heterocycles. The predicted molar refractivity (Wildman–Crippen MR) is 98.8 cm³/mol. The maximum absolute atomic E-state index is 12.8. The van der Waals surface area contributed by atoms with Crippen LogP contribution in [0.15, 0.2) is 53.5 Å². The lowest BCUT2D eigenvalue weighted by Crippen LogP contribution is -2.22. The summed E-state index contributed by atoms with van der Waals surface area (Å²) >= 11 is 6.13. The number of benzene rings is 2. The maximum Gasteiger partial charge on any atom is 0.298 e. The Kier molecular flexibility index (Phi) is 4.40. The normalized spacial score (nSPS) is 10.7. The van der Waals surface area contributed by atoms with Gasteiger partial charge in [0.2, 0.25) is 0 Å². The van der Waals surface area contributed by atoms with E-state index in [4.69, 9.17) is 11.6 Å². The van der Waals surface area contributed by atoms with Crippen molar-refractivity contribution >= 4 is 23.1 Å². The topological polar surface area (TPSA) is 46.9 Å². The first-order valence-electron chi connectivity index (χ1n) is 7.65. The minimum atomic E-state index is -0.245. The van der Waals surface area contributed by atoms with E-state index in [2.05, 4.69) is 22.4 Å². The number of para-hydroxylation sites is 1. The Bertz CT molecular complexity index is 926. The summed E-state index contributed by atoms with van der Waals surface area (Å²) in [5.74, 6) is 0.210. The molecule has 122 valence electrons. The molecule has 0 aliphatic carbocycles. The zero-order chi connectivity index (χ0) is 17.3. The Labute approximate surface area is 145 Å². The molecular formula is C19H18ClN3O. The summed E-state index contributed by atoms with van der Waals surface area (Å²) in [5, 5.41) is 3.41. The van der Waals surface area contributed by atoms with Crippen molar-refractivity contribution in [2.24, 2.45) is 0 Å². The summed E-state index contributed by atoms with van der Waals surface area (Å²) in [6, 6.07) is 13.5. The van der Waals surface area contributed by atoms with Gasteiger partial charge in [0, 0.05) is 11.4 Å². The Morgan fingerprint density at radius 3 is 2.29 bits per heavy atom. The van der Waals surface area contributed by atoms with Gasteiger partial charge in [0.1, 0.15) is 5.15 Å². The fourth-order valence-electron chi connectivity index (χ4n) is 2.82. The van der Waals surface area contributed by atoms with Crippen molar-refractivity contribution in [2.45, 2.75) is 20.8 Å². The van der Waals surface area contributed by atoms with E-state index >= 15 is 0 Å². The summed E-state index contributed by atoms with van der Waals surface area (Å²) in [7, 11) is 0. The molecule has 1 N–H and O–H groups in total. The first-order chi connectivity index (χ1) is 11.5. The van der Waals surface area contributed by atoms with Crippen molar-refractivity contribution in [1.82, 2.24) is 9.55 Å². The number of nitrogens with one attached hydrogen (secondary N) is 1. The van der Waals surface area contributed by atoms with Crippen LogP contribution in [0.25, 0.3) is 5.69 Å². The van der Waals surface area contributed by atoms with Crippen LogP contribution in [0, 0.1) is 20.8 Å². The average molecular weight is 340 g/mol. The third kappa shape index (κ3) is 3.19. The van der Waals surface area contributed by atoms with Gasteiger partial charge in [-0.2, -0.15) is 0 Å². The minimum Gasteiger partial charge on any atom is -0.335 e. The molecule has 0 unspecified atom stereocenters. The fourth-order valence-corrected chi connectivity index (χ4v) is 3.00. The van der Waals surface area contributed by atoms with Gasteiger partial charge < -0.3 is 5.32 Å². The smallest absolute Gasteiger partial charge is 0.298 e. The largest absolute Gasteiger partial charge is 0.335 e. The summed E-state index contributed by atoms with van der Waals surface area (Å²) in [5.41, 5.74) is 4.67. The van der Waals surface area contributed by atoms with Crippen LogP contribution in [0.4, 0.5) is 11.5 Å². The van der Waals surface area contributed by atoms with Crippen LogP contribution in [-0.4, -0.2) is 9.55 Å². The monoisotopic (exact) mass is 339 g/mol. The van der Waals surface area contributed by atoms with E-state index in [1.54, 1.807) is 0 Å². The van der Waals surface area contributed by atoms with Gasteiger partial charge in [0.15, 0.2) is 5.82 Å². The van der Waals surface area contributed by atoms with E-state index < -0.39 is 0 Å². The van der Waals surface area contributed by atoms with Crippen LogP contribution in [0.1, 0.15) is 16.7 Å². The highest BCUT2D eigenvalue weighted by Gasteiger charge is 2.12. The summed E-state index contributed by atoms with van der Waals surface area (Å²) in [4.78, 5) is 17.0. The standard InChI is InChI=1S/C19H18ClN3O/c1-12-9-13(2)17(14(3)10-12)22-18-19(24)23(11-16(20)21-18)15-7-5-4-6-8-15/h4-11H,1-3H3,(H,21,22). The van der Waals surface area contributed by atoms with Crippen molar-refractivity contribution in [2.75, 3.05) is 5.32 Å². The summed E-state index contributed by atoms with van der Waals surface area (Å²) in [6.45, 7) is 6.05. The molecule has 1 heterocycles. The van der Waals surface area contributed by atoms with Gasteiger partial charge in [0.25, 0.3) is 5.56 Å². The minimum absolute atomic E-state index is 0.210. The summed E-state index contributed by atoms with van der Waals surface area (Å²) in [6.07, 6.45) is 1.53. The lowest BCUT2D eigenvalue weighted by Gasteiger charge is -2.14.